The number of amides is 1. The van der Waals surface area contributed by atoms with Crippen LogP contribution in [0.25, 0.3) is 0 Å². The largest absolute Gasteiger partial charge is 0.394 e. The molecular weight excluding hydrogens is 807 g/mol. The molecular formula is C62H103NO3. The molecule has 66 heavy (non-hydrogen) atoms. The molecule has 0 spiro atoms. The molecule has 0 aliphatic rings. The molecule has 374 valence electrons. The van der Waals surface area contributed by atoms with Crippen LogP contribution in [-0.4, -0.2) is 34.9 Å². The van der Waals surface area contributed by atoms with Crippen LogP contribution < -0.4 is 5.32 Å². The van der Waals surface area contributed by atoms with Gasteiger partial charge < -0.3 is 15.5 Å². The van der Waals surface area contributed by atoms with E-state index in [4.69, 9.17) is 0 Å². The van der Waals surface area contributed by atoms with Crippen LogP contribution in [0.5, 0.6) is 0 Å². The first-order valence-electron chi connectivity index (χ1n) is 27.4. The zero-order valence-electron chi connectivity index (χ0n) is 42.9. The van der Waals surface area contributed by atoms with E-state index in [0.29, 0.717) is 6.42 Å². The third-order valence-electron chi connectivity index (χ3n) is 11.6. The number of unbranched alkanes of at least 4 members (excludes halogenated alkanes) is 21. The SMILES string of the molecule is CC/C=C\C/C=C\C/C=C\C/C=C\C/C=C\C/C=C\C/C=C\C/C=C\CCCCCCCCCCC(=O)NC(CO)C(O)/C=C/CC/C=C/CC/C=C/CCCCCCCCCCCCC. The Hall–Kier alpha value is -3.47. The van der Waals surface area contributed by atoms with Crippen molar-refractivity contribution in [3.8, 4) is 0 Å². The molecule has 0 aliphatic heterocycles. The number of nitrogens with one attached hydrogen (secondary N) is 1. The number of aliphatic hydroxyl groups excluding tert-OH is 2. The molecule has 0 heterocycles. The first kappa shape index (κ1) is 62.5. The molecule has 4 nitrogen and oxygen atoms in total. The maximum atomic E-state index is 12.5. The number of aliphatic hydroxyl groups is 2. The fourth-order valence-corrected chi connectivity index (χ4v) is 7.46. The molecule has 0 aromatic heterocycles. The second kappa shape index (κ2) is 55.9. The Morgan fingerprint density at radius 3 is 1.06 bits per heavy atom. The van der Waals surface area contributed by atoms with Gasteiger partial charge in [0, 0.05) is 6.42 Å². The number of hydrogen-bond acceptors (Lipinski definition) is 3. The number of rotatable bonds is 48. The molecule has 0 rings (SSSR count). The van der Waals surface area contributed by atoms with Crippen molar-refractivity contribution in [2.45, 2.75) is 244 Å². The molecule has 0 aromatic rings. The summed E-state index contributed by atoms with van der Waals surface area (Å²) in [6, 6.07) is -0.661. The van der Waals surface area contributed by atoms with Gasteiger partial charge in [0.15, 0.2) is 0 Å². The maximum Gasteiger partial charge on any atom is 0.220 e. The van der Waals surface area contributed by atoms with E-state index in [9.17, 15) is 15.0 Å². The first-order valence-corrected chi connectivity index (χ1v) is 27.4. The molecule has 2 atom stereocenters. The van der Waals surface area contributed by atoms with Crippen molar-refractivity contribution < 1.29 is 15.0 Å². The van der Waals surface area contributed by atoms with E-state index >= 15 is 0 Å². The summed E-state index contributed by atoms with van der Waals surface area (Å²) < 4.78 is 0. The van der Waals surface area contributed by atoms with E-state index in [-0.39, 0.29) is 12.5 Å². The van der Waals surface area contributed by atoms with Crippen LogP contribution in [0.4, 0.5) is 0 Å². The van der Waals surface area contributed by atoms with Gasteiger partial charge in [0.1, 0.15) is 0 Å². The van der Waals surface area contributed by atoms with Crippen LogP contribution in [0.1, 0.15) is 232 Å². The lowest BCUT2D eigenvalue weighted by molar-refractivity contribution is -0.123. The lowest BCUT2D eigenvalue weighted by Crippen LogP contribution is -2.45. The van der Waals surface area contributed by atoms with Crippen molar-refractivity contribution in [1.82, 2.24) is 5.32 Å². The molecule has 0 aliphatic carbocycles. The lowest BCUT2D eigenvalue weighted by atomic mass is 10.1. The zero-order valence-corrected chi connectivity index (χ0v) is 42.9. The normalized spacial score (nSPS) is 13.9. The van der Waals surface area contributed by atoms with Crippen molar-refractivity contribution in [3.05, 3.63) is 134 Å². The fraction of sp³-hybridized carbons (Fsp3) is 0.629. The van der Waals surface area contributed by atoms with Crippen LogP contribution in [0.2, 0.25) is 0 Å². The van der Waals surface area contributed by atoms with Gasteiger partial charge in [-0.2, -0.15) is 0 Å². The van der Waals surface area contributed by atoms with Crippen LogP contribution in [0.3, 0.4) is 0 Å². The van der Waals surface area contributed by atoms with E-state index < -0.39 is 12.1 Å². The molecule has 0 radical (unpaired) electrons. The highest BCUT2D eigenvalue weighted by Gasteiger charge is 2.17. The predicted octanol–water partition coefficient (Wildman–Crippen LogP) is 18.2. The van der Waals surface area contributed by atoms with Gasteiger partial charge in [0.25, 0.3) is 0 Å². The molecule has 1 amide bonds. The average Bonchev–Trinajstić information content (AvgIpc) is 3.32. The maximum absolute atomic E-state index is 12.5. The second-order valence-electron chi connectivity index (χ2n) is 17.9. The minimum absolute atomic E-state index is 0.0919. The minimum Gasteiger partial charge on any atom is -0.394 e. The fourth-order valence-electron chi connectivity index (χ4n) is 7.46. The van der Waals surface area contributed by atoms with Gasteiger partial charge in [-0.05, 0) is 109 Å². The van der Waals surface area contributed by atoms with Crippen molar-refractivity contribution in [2.24, 2.45) is 0 Å². The Bertz CT molecular complexity index is 1350. The smallest absolute Gasteiger partial charge is 0.220 e. The van der Waals surface area contributed by atoms with Gasteiger partial charge in [-0.15, -0.1) is 0 Å². The standard InChI is InChI=1S/C62H103NO3/c1-3-5-7-9-11-13-15-17-19-21-23-25-26-27-28-29-30-31-32-33-34-35-36-38-40-42-44-46-48-50-52-54-56-58-62(66)63-60(59-64)61(65)57-55-53-51-49-47-45-43-41-39-37-24-22-20-18-16-14-12-10-8-6-4-2/h5,7,11,13,17,19,23,25,27-28,30-31,33-34,36,38-39,41,47,49,55,57,60-61,64-65H,3-4,6,8-10,12,14-16,18,20-22,24,26,29,32,35,37,40,42-46,48,50-54,56,58-59H2,1-2H3,(H,63,66)/b7-5-,13-11-,19-17-,25-23-,28-27-,31-30-,34-33-,38-36-,41-39+,49-47+,57-55+. The van der Waals surface area contributed by atoms with Crippen LogP contribution in [0, 0.1) is 0 Å². The third kappa shape index (κ3) is 51.5. The van der Waals surface area contributed by atoms with Crippen LogP contribution in [-0.2, 0) is 4.79 Å². The Labute approximate surface area is 409 Å². The number of carbonyl (C=O) groups is 1. The quantitative estimate of drug-likeness (QED) is 0.0421. The minimum atomic E-state index is -0.884. The van der Waals surface area contributed by atoms with Crippen LogP contribution >= 0.6 is 0 Å². The topological polar surface area (TPSA) is 69.6 Å². The Balaban J connectivity index is 3.68. The summed E-state index contributed by atoms with van der Waals surface area (Å²) >= 11 is 0. The summed E-state index contributed by atoms with van der Waals surface area (Å²) in [6.07, 6.45) is 87.3. The van der Waals surface area contributed by atoms with E-state index in [1.807, 2.05) is 6.08 Å². The van der Waals surface area contributed by atoms with Gasteiger partial charge >= 0.3 is 0 Å². The van der Waals surface area contributed by atoms with E-state index in [2.05, 4.69) is 141 Å². The first-order chi connectivity index (χ1) is 32.7. The highest BCUT2D eigenvalue weighted by atomic mass is 16.3. The molecule has 0 saturated carbocycles. The molecule has 0 bridgehead atoms. The highest BCUT2D eigenvalue weighted by molar-refractivity contribution is 5.76. The Morgan fingerprint density at radius 1 is 0.379 bits per heavy atom. The van der Waals surface area contributed by atoms with Crippen LogP contribution in [0.15, 0.2) is 134 Å². The zero-order chi connectivity index (χ0) is 47.7. The third-order valence-corrected chi connectivity index (χ3v) is 11.6. The number of allylic oxidation sites excluding steroid dienone is 21. The van der Waals surface area contributed by atoms with Gasteiger partial charge in [0.05, 0.1) is 18.8 Å². The van der Waals surface area contributed by atoms with E-state index in [1.54, 1.807) is 6.08 Å². The monoisotopic (exact) mass is 910 g/mol. The molecule has 4 heteroatoms. The van der Waals surface area contributed by atoms with Crippen molar-refractivity contribution in [2.75, 3.05) is 6.61 Å². The summed E-state index contributed by atoms with van der Waals surface area (Å²) in [7, 11) is 0. The van der Waals surface area contributed by atoms with Gasteiger partial charge in [-0.1, -0.05) is 250 Å². The predicted molar refractivity (Wildman–Crippen MR) is 294 cm³/mol. The van der Waals surface area contributed by atoms with E-state index in [0.717, 1.165) is 103 Å². The highest BCUT2D eigenvalue weighted by Crippen LogP contribution is 2.14. The molecule has 0 saturated heterocycles. The van der Waals surface area contributed by atoms with Crippen molar-refractivity contribution >= 4 is 5.91 Å². The van der Waals surface area contributed by atoms with Crippen molar-refractivity contribution in [3.63, 3.8) is 0 Å². The molecule has 2 unspecified atom stereocenters. The summed E-state index contributed by atoms with van der Waals surface area (Å²) in [4.78, 5) is 12.5. The van der Waals surface area contributed by atoms with E-state index in [1.165, 1.54) is 109 Å². The van der Waals surface area contributed by atoms with Gasteiger partial charge in [-0.3, -0.25) is 4.79 Å². The molecule has 0 fully saturated rings. The second-order valence-corrected chi connectivity index (χ2v) is 17.9. The Kier molecular flexibility index (Phi) is 52.9. The summed E-state index contributed by atoms with van der Waals surface area (Å²) in [5, 5.41) is 23.1. The number of carbonyl (C=O) groups excluding carboxylic acids is 1. The summed E-state index contributed by atoms with van der Waals surface area (Å²) in [5.74, 6) is -0.0919. The average molecular weight is 911 g/mol. The van der Waals surface area contributed by atoms with Gasteiger partial charge in [0.2, 0.25) is 5.91 Å². The Morgan fingerprint density at radius 2 is 0.682 bits per heavy atom. The lowest BCUT2D eigenvalue weighted by Gasteiger charge is -2.19. The molecule has 0 aromatic carbocycles. The van der Waals surface area contributed by atoms with Crippen molar-refractivity contribution in [1.29, 1.82) is 0 Å². The number of hydrogen-bond donors (Lipinski definition) is 3. The summed E-state index contributed by atoms with van der Waals surface area (Å²) in [5.41, 5.74) is 0. The summed E-state index contributed by atoms with van der Waals surface area (Å²) in [6.45, 7) is 4.17. The molecule has 3 N–H and O–H groups in total. The van der Waals surface area contributed by atoms with Gasteiger partial charge in [-0.25, -0.2) is 0 Å².